The number of nitro benzene ring substituents is 1. The number of aryl methyl sites for hydroxylation is 1. The van der Waals surface area contributed by atoms with Crippen molar-refractivity contribution in [2.45, 2.75) is 20.8 Å². The molecule has 117 valence electrons. The predicted octanol–water partition coefficient (Wildman–Crippen LogP) is 1.82. The molecule has 0 bridgehead atoms. The maximum absolute atomic E-state index is 12.4. The number of nitro groups is 1. The molecular formula is C13H13KN3O6. The fraction of sp³-hybridized carbons (Fsp3) is 0.308. The van der Waals surface area contributed by atoms with E-state index in [1.165, 1.54) is 6.92 Å². The van der Waals surface area contributed by atoms with Crippen molar-refractivity contribution in [2.24, 2.45) is 5.92 Å². The summed E-state index contributed by atoms with van der Waals surface area (Å²) in [5, 5.41) is 34.3. The van der Waals surface area contributed by atoms with Gasteiger partial charge in [0.25, 0.3) is 0 Å². The largest absolute Gasteiger partial charge is 0.504 e. The number of phenolic OH excluding ortho intramolecular Hbond substituents is 2. The number of aromatic hydroxyl groups is 2. The Balaban J connectivity index is 0.00000264. The van der Waals surface area contributed by atoms with Crippen LogP contribution in [0, 0.1) is 23.0 Å². The van der Waals surface area contributed by atoms with Crippen molar-refractivity contribution in [2.75, 3.05) is 0 Å². The number of carbonyl (C=O) groups excluding carboxylic acids is 1. The smallest absolute Gasteiger partial charge is 0.326 e. The van der Waals surface area contributed by atoms with Gasteiger partial charge >= 0.3 is 5.69 Å². The summed E-state index contributed by atoms with van der Waals surface area (Å²) in [6.45, 7) is 4.62. The quantitative estimate of drug-likeness (QED) is 0.281. The molecule has 1 heterocycles. The van der Waals surface area contributed by atoms with E-state index in [0.29, 0.717) is 0 Å². The number of ketones is 1. The minimum absolute atomic E-state index is 0. The van der Waals surface area contributed by atoms with E-state index in [1.807, 2.05) is 0 Å². The molecule has 0 aliphatic heterocycles. The van der Waals surface area contributed by atoms with Crippen LogP contribution in [0.15, 0.2) is 10.6 Å². The van der Waals surface area contributed by atoms with Gasteiger partial charge in [0.1, 0.15) is 5.56 Å². The van der Waals surface area contributed by atoms with Gasteiger partial charge in [0.15, 0.2) is 11.5 Å². The molecule has 0 saturated carbocycles. The fourth-order valence-corrected chi connectivity index (χ4v) is 1.95. The molecule has 1 aromatic carbocycles. The summed E-state index contributed by atoms with van der Waals surface area (Å²) in [5.41, 5.74) is -1.31. The van der Waals surface area contributed by atoms with Crippen molar-refractivity contribution < 1.29 is 24.5 Å². The molecule has 10 heteroatoms. The van der Waals surface area contributed by atoms with Crippen LogP contribution in [0.25, 0.3) is 11.4 Å². The van der Waals surface area contributed by atoms with Gasteiger partial charge in [-0.25, -0.2) is 0 Å². The number of benzene rings is 1. The fourth-order valence-electron chi connectivity index (χ4n) is 1.95. The molecular weight excluding hydrogens is 333 g/mol. The second-order valence-corrected chi connectivity index (χ2v) is 4.93. The molecule has 2 N–H and O–H groups in total. The van der Waals surface area contributed by atoms with E-state index in [-0.39, 0.29) is 74.2 Å². The Morgan fingerprint density at radius 1 is 1.39 bits per heavy atom. The minimum Gasteiger partial charge on any atom is -0.504 e. The summed E-state index contributed by atoms with van der Waals surface area (Å²) in [6, 6.07) is 1.00. The van der Waals surface area contributed by atoms with Crippen LogP contribution in [-0.2, 0) is 0 Å². The Morgan fingerprint density at radius 3 is 2.43 bits per heavy atom. The second kappa shape index (κ2) is 7.49. The summed E-state index contributed by atoms with van der Waals surface area (Å²) in [5.74, 6) is -2.77. The first-order valence-electron chi connectivity index (χ1n) is 6.32. The van der Waals surface area contributed by atoms with Gasteiger partial charge in [-0.1, -0.05) is 19.0 Å². The zero-order valence-corrected chi connectivity index (χ0v) is 16.1. The third kappa shape index (κ3) is 3.78. The second-order valence-electron chi connectivity index (χ2n) is 4.93. The topological polar surface area (TPSA) is 140 Å². The molecule has 0 unspecified atom stereocenters. The van der Waals surface area contributed by atoms with Crippen LogP contribution < -0.4 is 0 Å². The average molecular weight is 346 g/mol. The van der Waals surface area contributed by atoms with Crippen LogP contribution in [0.5, 0.6) is 11.5 Å². The first-order chi connectivity index (χ1) is 10.2. The van der Waals surface area contributed by atoms with Gasteiger partial charge in [-0.2, -0.15) is 4.98 Å². The molecule has 0 aliphatic carbocycles. The van der Waals surface area contributed by atoms with E-state index in [0.717, 1.165) is 6.07 Å². The summed E-state index contributed by atoms with van der Waals surface area (Å²) in [4.78, 5) is 26.6. The van der Waals surface area contributed by atoms with Crippen LogP contribution in [0.4, 0.5) is 5.69 Å². The first kappa shape index (κ1) is 19.7. The number of nitrogens with zero attached hydrogens (tertiary/aromatic N) is 3. The van der Waals surface area contributed by atoms with E-state index in [9.17, 15) is 25.1 Å². The number of hydrogen-bond acceptors (Lipinski definition) is 8. The molecule has 2 aromatic rings. The Kier molecular flexibility index (Phi) is 6.42. The maximum Gasteiger partial charge on any atom is 0.326 e. The van der Waals surface area contributed by atoms with Crippen molar-refractivity contribution >= 4 is 62.9 Å². The van der Waals surface area contributed by atoms with E-state index in [1.54, 1.807) is 13.8 Å². The summed E-state index contributed by atoms with van der Waals surface area (Å²) >= 11 is 0. The number of phenols is 2. The minimum atomic E-state index is -0.974. The van der Waals surface area contributed by atoms with E-state index in [4.69, 9.17) is 4.52 Å². The third-order valence-corrected chi connectivity index (χ3v) is 2.98. The van der Waals surface area contributed by atoms with Crippen LogP contribution in [0.1, 0.15) is 30.1 Å². The Labute approximate surface area is 173 Å². The van der Waals surface area contributed by atoms with Crippen molar-refractivity contribution in [1.29, 1.82) is 0 Å². The Morgan fingerprint density at radius 2 is 2.00 bits per heavy atom. The molecule has 2 rings (SSSR count). The molecule has 0 aliphatic rings. The molecule has 1 aromatic heterocycles. The maximum atomic E-state index is 12.4. The van der Waals surface area contributed by atoms with E-state index >= 15 is 0 Å². The van der Waals surface area contributed by atoms with Crippen LogP contribution in [0.3, 0.4) is 0 Å². The normalized spacial score (nSPS) is 10.4. The van der Waals surface area contributed by atoms with Crippen LogP contribution in [-0.4, -0.2) is 82.4 Å². The van der Waals surface area contributed by atoms with Crippen molar-refractivity contribution in [3.8, 4) is 22.9 Å². The molecule has 0 amide bonds. The van der Waals surface area contributed by atoms with Gasteiger partial charge in [-0.05, 0) is 6.07 Å². The van der Waals surface area contributed by atoms with Crippen molar-refractivity contribution in [1.82, 2.24) is 10.1 Å². The molecule has 0 fully saturated rings. The SMILES string of the molecule is Cc1nc(-c2cc(O)c(O)c([N+](=O)[O-])c2C(=O)C(C)C)no1.[K]. The van der Waals surface area contributed by atoms with Gasteiger partial charge < -0.3 is 14.7 Å². The zero-order valence-electron chi connectivity index (χ0n) is 13.0. The van der Waals surface area contributed by atoms with Crippen molar-refractivity contribution in [3.05, 3.63) is 27.6 Å². The van der Waals surface area contributed by atoms with Crippen LogP contribution in [0.2, 0.25) is 0 Å². The third-order valence-electron chi connectivity index (χ3n) is 2.98. The van der Waals surface area contributed by atoms with Gasteiger partial charge in [0.2, 0.25) is 17.5 Å². The van der Waals surface area contributed by atoms with Gasteiger partial charge in [-0.15, -0.1) is 0 Å². The predicted molar refractivity (Wildman–Crippen MR) is 79.4 cm³/mol. The van der Waals surface area contributed by atoms with Gasteiger partial charge in [-0.3, -0.25) is 14.9 Å². The van der Waals surface area contributed by atoms with Gasteiger partial charge in [0, 0.05) is 69.8 Å². The monoisotopic (exact) mass is 346 g/mol. The molecule has 0 saturated heterocycles. The molecule has 0 atom stereocenters. The van der Waals surface area contributed by atoms with Crippen molar-refractivity contribution in [3.63, 3.8) is 0 Å². The number of Topliss-reactive ketones (excluding diaryl/α,β-unsaturated/α-hetero) is 1. The molecule has 23 heavy (non-hydrogen) atoms. The van der Waals surface area contributed by atoms with E-state index < -0.39 is 33.8 Å². The Hall–Kier alpha value is -1.33. The molecule has 9 nitrogen and oxygen atoms in total. The summed E-state index contributed by atoms with van der Waals surface area (Å²) < 4.78 is 4.80. The van der Waals surface area contributed by atoms with E-state index in [2.05, 4.69) is 10.1 Å². The number of carbonyl (C=O) groups is 1. The number of rotatable bonds is 4. The summed E-state index contributed by atoms with van der Waals surface area (Å²) in [6.07, 6.45) is 0. The molecule has 0 spiro atoms. The van der Waals surface area contributed by atoms with Gasteiger partial charge in [0.05, 0.1) is 4.92 Å². The standard InChI is InChI=1S/C13H13N3O6.K/c1-5(2)11(18)9-7(13-14-6(3)22-15-13)4-8(17)12(19)10(9)16(20)21;/h4-5,17,19H,1-3H3;. The Bertz CT molecular complexity index is 771. The molecule has 1 radical (unpaired) electrons. The van der Waals surface area contributed by atoms with Crippen LogP contribution >= 0.6 is 0 Å². The first-order valence-corrected chi connectivity index (χ1v) is 6.32. The average Bonchev–Trinajstić information content (AvgIpc) is 2.86. The number of aromatic nitrogens is 2. The summed E-state index contributed by atoms with van der Waals surface area (Å²) in [7, 11) is 0. The number of hydrogen-bond donors (Lipinski definition) is 2. The zero-order chi connectivity index (χ0) is 16.6.